The molecule has 2 nitrogen and oxygen atoms in total. The largest absolute Gasteiger partial charge is 0.352 e. The van der Waals surface area contributed by atoms with Gasteiger partial charge in [-0.2, -0.15) is 0 Å². The lowest BCUT2D eigenvalue weighted by molar-refractivity contribution is 0.427. The SMILES string of the molecule is C=C/C=C(\C(=C/C)C(C)C)N1CCN(c2ccccc2C(C)C)C1. The van der Waals surface area contributed by atoms with Crippen molar-refractivity contribution < 1.29 is 0 Å². The third-order valence-corrected chi connectivity index (χ3v) is 4.73. The van der Waals surface area contributed by atoms with E-state index in [2.05, 4.69) is 87.4 Å². The molecule has 1 saturated heterocycles. The number of hydrogen-bond acceptors (Lipinski definition) is 2. The summed E-state index contributed by atoms with van der Waals surface area (Å²) < 4.78 is 0. The summed E-state index contributed by atoms with van der Waals surface area (Å²) in [4.78, 5) is 4.98. The van der Waals surface area contributed by atoms with Gasteiger partial charge in [0, 0.05) is 24.5 Å². The molecule has 1 fully saturated rings. The summed E-state index contributed by atoms with van der Waals surface area (Å²) in [5, 5.41) is 0. The third-order valence-electron chi connectivity index (χ3n) is 4.73. The van der Waals surface area contributed by atoms with Crippen molar-refractivity contribution in [3.05, 3.63) is 65.9 Å². The molecule has 1 aromatic rings. The minimum Gasteiger partial charge on any atom is -0.352 e. The molecule has 24 heavy (non-hydrogen) atoms. The van der Waals surface area contributed by atoms with Gasteiger partial charge in [0.15, 0.2) is 0 Å². The van der Waals surface area contributed by atoms with Crippen LogP contribution in [0.1, 0.15) is 46.1 Å². The van der Waals surface area contributed by atoms with E-state index in [9.17, 15) is 0 Å². The van der Waals surface area contributed by atoms with Crippen molar-refractivity contribution in [3.63, 3.8) is 0 Å². The number of allylic oxidation sites excluding steroid dienone is 4. The summed E-state index contributed by atoms with van der Waals surface area (Å²) in [6.45, 7) is 18.2. The normalized spacial score (nSPS) is 16.5. The average molecular weight is 325 g/mol. The summed E-state index contributed by atoms with van der Waals surface area (Å²) in [6, 6.07) is 8.81. The van der Waals surface area contributed by atoms with Crippen LogP contribution in [0.25, 0.3) is 0 Å². The number of nitrogens with zero attached hydrogens (tertiary/aromatic N) is 2. The Labute approximate surface area is 148 Å². The molecule has 130 valence electrons. The zero-order valence-corrected chi connectivity index (χ0v) is 15.9. The van der Waals surface area contributed by atoms with Gasteiger partial charge in [-0.1, -0.05) is 64.6 Å². The molecule has 0 N–H and O–H groups in total. The summed E-state index contributed by atoms with van der Waals surface area (Å²) in [7, 11) is 0. The zero-order valence-electron chi connectivity index (χ0n) is 15.9. The van der Waals surface area contributed by atoms with Crippen molar-refractivity contribution in [3.8, 4) is 0 Å². The van der Waals surface area contributed by atoms with E-state index in [4.69, 9.17) is 0 Å². The summed E-state index contributed by atoms with van der Waals surface area (Å²) in [5.41, 5.74) is 5.52. The summed E-state index contributed by atoms with van der Waals surface area (Å²) in [6.07, 6.45) is 6.31. The highest BCUT2D eigenvalue weighted by atomic mass is 15.4. The molecule has 1 aromatic carbocycles. The van der Waals surface area contributed by atoms with Gasteiger partial charge >= 0.3 is 0 Å². The molecule has 0 radical (unpaired) electrons. The van der Waals surface area contributed by atoms with Gasteiger partial charge in [-0.15, -0.1) is 0 Å². The highest BCUT2D eigenvalue weighted by molar-refractivity contribution is 5.56. The Morgan fingerprint density at radius 3 is 2.42 bits per heavy atom. The van der Waals surface area contributed by atoms with Crippen LogP contribution < -0.4 is 4.90 Å². The molecule has 0 aromatic heterocycles. The topological polar surface area (TPSA) is 6.48 Å². The number of benzene rings is 1. The van der Waals surface area contributed by atoms with Crippen LogP contribution in [-0.4, -0.2) is 24.7 Å². The van der Waals surface area contributed by atoms with Crippen molar-refractivity contribution in [2.24, 2.45) is 5.92 Å². The quantitative estimate of drug-likeness (QED) is 0.632. The number of anilines is 1. The Morgan fingerprint density at radius 2 is 1.83 bits per heavy atom. The van der Waals surface area contributed by atoms with Crippen molar-refractivity contribution >= 4 is 5.69 Å². The monoisotopic (exact) mass is 324 g/mol. The second-order valence-electron chi connectivity index (χ2n) is 7.07. The molecule has 1 aliphatic rings. The standard InChI is InChI=1S/C22H32N2/c1-7-11-21(19(8-2)17(3)4)23-14-15-24(16-23)22-13-10-9-12-20(22)18(5)6/h7-13,17-18H,1,14-16H2,2-6H3/b19-8-,21-11+. The fourth-order valence-electron chi connectivity index (χ4n) is 3.52. The van der Waals surface area contributed by atoms with E-state index >= 15 is 0 Å². The Hall–Kier alpha value is -1.96. The fourth-order valence-corrected chi connectivity index (χ4v) is 3.52. The highest BCUT2D eigenvalue weighted by Gasteiger charge is 2.25. The van der Waals surface area contributed by atoms with Gasteiger partial charge in [0.2, 0.25) is 0 Å². The van der Waals surface area contributed by atoms with E-state index in [0.717, 1.165) is 19.8 Å². The molecular weight excluding hydrogens is 292 g/mol. The van der Waals surface area contributed by atoms with E-state index in [1.165, 1.54) is 22.5 Å². The first-order valence-corrected chi connectivity index (χ1v) is 9.07. The van der Waals surface area contributed by atoms with Crippen LogP contribution in [0.4, 0.5) is 5.69 Å². The summed E-state index contributed by atoms with van der Waals surface area (Å²) in [5.74, 6) is 1.05. The van der Waals surface area contributed by atoms with Gasteiger partial charge < -0.3 is 9.80 Å². The molecule has 0 bridgehead atoms. The van der Waals surface area contributed by atoms with Crippen LogP contribution in [0.3, 0.4) is 0 Å². The Kier molecular flexibility index (Phi) is 6.30. The lowest BCUT2D eigenvalue weighted by Gasteiger charge is -2.28. The van der Waals surface area contributed by atoms with E-state index in [1.54, 1.807) is 0 Å². The van der Waals surface area contributed by atoms with Gasteiger partial charge in [0.1, 0.15) is 0 Å². The zero-order chi connectivity index (χ0) is 17.7. The number of para-hydroxylation sites is 1. The second kappa shape index (κ2) is 8.23. The molecule has 0 aliphatic carbocycles. The highest BCUT2D eigenvalue weighted by Crippen LogP contribution is 2.31. The van der Waals surface area contributed by atoms with Crippen molar-refractivity contribution in [1.82, 2.24) is 4.90 Å². The van der Waals surface area contributed by atoms with E-state index in [1.807, 2.05) is 6.08 Å². The average Bonchev–Trinajstić information content (AvgIpc) is 3.04. The van der Waals surface area contributed by atoms with Crippen LogP contribution in [0, 0.1) is 5.92 Å². The Balaban J connectivity index is 2.26. The lowest BCUT2D eigenvalue weighted by Crippen LogP contribution is -2.27. The molecule has 0 unspecified atom stereocenters. The lowest BCUT2D eigenvalue weighted by atomic mass is 9.98. The molecule has 0 saturated carbocycles. The molecule has 1 aliphatic heterocycles. The predicted octanol–water partition coefficient (Wildman–Crippen LogP) is 5.56. The molecule has 2 rings (SSSR count). The maximum Gasteiger partial charge on any atom is 0.0904 e. The van der Waals surface area contributed by atoms with Crippen LogP contribution in [0.15, 0.2) is 60.3 Å². The van der Waals surface area contributed by atoms with Crippen molar-refractivity contribution in [2.45, 2.75) is 40.5 Å². The van der Waals surface area contributed by atoms with Crippen LogP contribution >= 0.6 is 0 Å². The van der Waals surface area contributed by atoms with Gasteiger partial charge in [0.05, 0.1) is 6.67 Å². The molecule has 0 amide bonds. The Morgan fingerprint density at radius 1 is 1.12 bits per heavy atom. The van der Waals surface area contributed by atoms with Crippen molar-refractivity contribution in [1.29, 1.82) is 0 Å². The summed E-state index contributed by atoms with van der Waals surface area (Å²) >= 11 is 0. The van der Waals surface area contributed by atoms with Crippen molar-refractivity contribution in [2.75, 3.05) is 24.7 Å². The third kappa shape index (κ3) is 3.92. The van der Waals surface area contributed by atoms with Crippen LogP contribution in [-0.2, 0) is 0 Å². The van der Waals surface area contributed by atoms with Gasteiger partial charge in [0.25, 0.3) is 0 Å². The first kappa shape index (κ1) is 18.4. The Bertz CT molecular complexity index is 623. The minimum absolute atomic E-state index is 0.512. The van der Waals surface area contributed by atoms with Crippen LogP contribution in [0.5, 0.6) is 0 Å². The molecule has 2 heteroatoms. The number of hydrogen-bond donors (Lipinski definition) is 0. The van der Waals surface area contributed by atoms with Gasteiger partial charge in [-0.3, -0.25) is 0 Å². The maximum absolute atomic E-state index is 3.92. The molecule has 0 spiro atoms. The van der Waals surface area contributed by atoms with Crippen LogP contribution in [0.2, 0.25) is 0 Å². The minimum atomic E-state index is 0.512. The van der Waals surface area contributed by atoms with Gasteiger partial charge in [-0.25, -0.2) is 0 Å². The molecule has 0 atom stereocenters. The first-order valence-electron chi connectivity index (χ1n) is 9.07. The second-order valence-corrected chi connectivity index (χ2v) is 7.07. The predicted molar refractivity (Wildman–Crippen MR) is 106 cm³/mol. The molecular formula is C22H32N2. The number of rotatable bonds is 6. The van der Waals surface area contributed by atoms with Gasteiger partial charge in [-0.05, 0) is 42.0 Å². The van der Waals surface area contributed by atoms with E-state index in [0.29, 0.717) is 11.8 Å². The molecule has 1 heterocycles. The first-order chi connectivity index (χ1) is 11.5. The van der Waals surface area contributed by atoms with E-state index < -0.39 is 0 Å². The fraction of sp³-hybridized carbons (Fsp3) is 0.455. The maximum atomic E-state index is 3.92. The van der Waals surface area contributed by atoms with E-state index in [-0.39, 0.29) is 0 Å². The smallest absolute Gasteiger partial charge is 0.0904 e.